The van der Waals surface area contributed by atoms with E-state index < -0.39 is 10.0 Å². The first-order valence-corrected chi connectivity index (χ1v) is 10.7. The SMILES string of the molecule is CC1SC(=NS(=O)(=O)c2ccc(Cl)cc2)N(C2CCCCC2)C1=O. The Bertz CT molecular complexity index is 756. The highest BCUT2D eigenvalue weighted by molar-refractivity contribution is 8.16. The van der Waals surface area contributed by atoms with Gasteiger partial charge in [-0.3, -0.25) is 9.69 Å². The summed E-state index contributed by atoms with van der Waals surface area (Å²) >= 11 is 7.03. The number of thioether (sulfide) groups is 1. The van der Waals surface area contributed by atoms with Crippen LogP contribution in [-0.4, -0.2) is 35.7 Å². The molecule has 0 N–H and O–H groups in total. The molecule has 3 rings (SSSR count). The zero-order valence-corrected chi connectivity index (χ0v) is 15.7. The molecule has 130 valence electrons. The maximum absolute atomic E-state index is 12.6. The molecule has 24 heavy (non-hydrogen) atoms. The van der Waals surface area contributed by atoms with E-state index in [2.05, 4.69) is 4.40 Å². The molecular formula is C16H19ClN2O3S2. The zero-order chi connectivity index (χ0) is 17.3. The minimum atomic E-state index is -3.86. The Kier molecular flexibility index (Phi) is 5.22. The fourth-order valence-corrected chi connectivity index (χ4v) is 5.41. The first-order chi connectivity index (χ1) is 11.4. The minimum absolute atomic E-state index is 0.0445. The van der Waals surface area contributed by atoms with Gasteiger partial charge in [0.15, 0.2) is 5.17 Å². The van der Waals surface area contributed by atoms with Gasteiger partial charge in [0.2, 0.25) is 5.91 Å². The molecule has 0 radical (unpaired) electrons. The van der Waals surface area contributed by atoms with E-state index in [4.69, 9.17) is 11.6 Å². The number of amidine groups is 1. The van der Waals surface area contributed by atoms with Crippen LogP contribution < -0.4 is 0 Å². The molecule has 1 saturated heterocycles. The average molecular weight is 387 g/mol. The number of sulfonamides is 1. The van der Waals surface area contributed by atoms with Crippen LogP contribution in [-0.2, 0) is 14.8 Å². The molecule has 0 aromatic heterocycles. The van der Waals surface area contributed by atoms with Gasteiger partial charge < -0.3 is 0 Å². The van der Waals surface area contributed by atoms with Crippen LogP contribution in [0.2, 0.25) is 5.02 Å². The van der Waals surface area contributed by atoms with Gasteiger partial charge in [0.25, 0.3) is 10.0 Å². The molecule has 1 atom stereocenters. The fraction of sp³-hybridized carbons (Fsp3) is 0.500. The van der Waals surface area contributed by atoms with Crippen molar-refractivity contribution < 1.29 is 13.2 Å². The van der Waals surface area contributed by atoms with Gasteiger partial charge >= 0.3 is 0 Å². The van der Waals surface area contributed by atoms with E-state index in [0.717, 1.165) is 32.1 Å². The predicted octanol–water partition coefficient (Wildman–Crippen LogP) is 3.68. The lowest BCUT2D eigenvalue weighted by Crippen LogP contribution is -2.42. The Labute approximate surface area is 151 Å². The van der Waals surface area contributed by atoms with Gasteiger partial charge in [0.1, 0.15) is 0 Å². The molecule has 1 aromatic rings. The van der Waals surface area contributed by atoms with Crippen molar-refractivity contribution in [2.75, 3.05) is 0 Å². The van der Waals surface area contributed by atoms with E-state index in [0.29, 0.717) is 10.2 Å². The van der Waals surface area contributed by atoms with E-state index in [-0.39, 0.29) is 22.1 Å². The number of rotatable bonds is 3. The molecule has 1 aromatic carbocycles. The summed E-state index contributed by atoms with van der Waals surface area (Å²) in [6.07, 6.45) is 5.09. The van der Waals surface area contributed by atoms with Gasteiger partial charge in [-0.15, -0.1) is 4.40 Å². The second kappa shape index (κ2) is 7.06. The fourth-order valence-electron chi connectivity index (χ4n) is 3.06. The lowest BCUT2D eigenvalue weighted by Gasteiger charge is -2.30. The molecule has 1 amide bonds. The van der Waals surface area contributed by atoms with E-state index in [9.17, 15) is 13.2 Å². The second-order valence-electron chi connectivity index (χ2n) is 6.06. The summed E-state index contributed by atoms with van der Waals surface area (Å²) in [5.41, 5.74) is 0. The minimum Gasteiger partial charge on any atom is -0.287 e. The van der Waals surface area contributed by atoms with Gasteiger partial charge in [-0.1, -0.05) is 42.6 Å². The molecule has 1 saturated carbocycles. The van der Waals surface area contributed by atoms with Crippen LogP contribution in [0.5, 0.6) is 0 Å². The summed E-state index contributed by atoms with van der Waals surface area (Å²) in [5.74, 6) is -0.0445. The maximum atomic E-state index is 12.6. The Morgan fingerprint density at radius 3 is 2.42 bits per heavy atom. The third kappa shape index (κ3) is 3.63. The Hall–Kier alpha value is -1.05. The van der Waals surface area contributed by atoms with Crippen LogP contribution >= 0.6 is 23.4 Å². The molecule has 2 aliphatic rings. The van der Waals surface area contributed by atoms with Crippen molar-refractivity contribution >= 4 is 44.5 Å². The Morgan fingerprint density at radius 1 is 1.17 bits per heavy atom. The number of benzene rings is 1. The monoisotopic (exact) mass is 386 g/mol. The molecule has 5 nitrogen and oxygen atoms in total. The largest absolute Gasteiger partial charge is 0.287 e. The Balaban J connectivity index is 1.93. The van der Waals surface area contributed by atoms with E-state index >= 15 is 0 Å². The van der Waals surface area contributed by atoms with Crippen LogP contribution in [0.25, 0.3) is 0 Å². The summed E-state index contributed by atoms with van der Waals surface area (Å²) in [6, 6.07) is 5.95. The summed E-state index contributed by atoms with van der Waals surface area (Å²) in [6.45, 7) is 1.79. The van der Waals surface area contributed by atoms with Crippen molar-refractivity contribution in [2.45, 2.75) is 55.2 Å². The smallest absolute Gasteiger partial charge is 0.284 e. The van der Waals surface area contributed by atoms with Crippen LogP contribution in [0.4, 0.5) is 0 Å². The van der Waals surface area contributed by atoms with Crippen LogP contribution in [0.3, 0.4) is 0 Å². The van der Waals surface area contributed by atoms with Gasteiger partial charge in [0, 0.05) is 11.1 Å². The van der Waals surface area contributed by atoms with Gasteiger partial charge in [-0.25, -0.2) is 0 Å². The lowest BCUT2D eigenvalue weighted by molar-refractivity contribution is -0.127. The highest BCUT2D eigenvalue weighted by Crippen LogP contribution is 2.34. The quantitative estimate of drug-likeness (QED) is 0.794. The molecule has 8 heteroatoms. The van der Waals surface area contributed by atoms with Crippen molar-refractivity contribution in [3.63, 3.8) is 0 Å². The molecule has 0 spiro atoms. The normalized spacial score (nSPS) is 24.8. The number of hydrogen-bond donors (Lipinski definition) is 0. The van der Waals surface area contributed by atoms with Crippen LogP contribution in [0, 0.1) is 0 Å². The van der Waals surface area contributed by atoms with Gasteiger partial charge in [-0.05, 0) is 44.0 Å². The highest BCUT2D eigenvalue weighted by Gasteiger charge is 2.40. The standard InChI is InChI=1S/C16H19ClN2O3S2/c1-11-15(20)19(13-5-3-2-4-6-13)16(23-11)18-24(21,22)14-9-7-12(17)8-10-14/h7-11,13H,2-6H2,1H3. The summed E-state index contributed by atoms with van der Waals surface area (Å²) in [4.78, 5) is 14.2. The second-order valence-corrected chi connectivity index (χ2v) is 9.41. The first-order valence-electron chi connectivity index (χ1n) is 7.99. The number of carbonyl (C=O) groups excluding carboxylic acids is 1. The number of hydrogen-bond acceptors (Lipinski definition) is 4. The number of nitrogens with zero attached hydrogens (tertiary/aromatic N) is 2. The Morgan fingerprint density at radius 2 is 1.79 bits per heavy atom. The topological polar surface area (TPSA) is 66.8 Å². The molecular weight excluding hydrogens is 368 g/mol. The third-order valence-corrected chi connectivity index (χ3v) is 7.03. The van der Waals surface area contributed by atoms with E-state index in [1.807, 2.05) is 0 Å². The van der Waals surface area contributed by atoms with Crippen LogP contribution in [0.1, 0.15) is 39.0 Å². The van der Waals surface area contributed by atoms with Crippen molar-refractivity contribution in [2.24, 2.45) is 4.40 Å². The highest BCUT2D eigenvalue weighted by atomic mass is 35.5. The molecule has 1 unspecified atom stereocenters. The first kappa shape index (κ1) is 17.8. The molecule has 1 heterocycles. The van der Waals surface area contributed by atoms with Gasteiger partial charge in [0.05, 0.1) is 10.1 Å². The van der Waals surface area contributed by atoms with Crippen LogP contribution in [0.15, 0.2) is 33.6 Å². The number of halogens is 1. The summed E-state index contributed by atoms with van der Waals surface area (Å²) < 4.78 is 29.1. The third-order valence-electron chi connectivity index (χ3n) is 4.32. The molecule has 2 fully saturated rings. The van der Waals surface area contributed by atoms with Crippen molar-refractivity contribution in [3.8, 4) is 0 Å². The summed E-state index contributed by atoms with van der Waals surface area (Å²) in [7, 11) is -3.86. The number of carbonyl (C=O) groups is 1. The zero-order valence-electron chi connectivity index (χ0n) is 13.3. The molecule has 0 bridgehead atoms. The van der Waals surface area contributed by atoms with Crippen molar-refractivity contribution in [1.82, 2.24) is 4.90 Å². The van der Waals surface area contributed by atoms with E-state index in [1.54, 1.807) is 11.8 Å². The maximum Gasteiger partial charge on any atom is 0.284 e. The number of amides is 1. The average Bonchev–Trinajstić information content (AvgIpc) is 2.82. The lowest BCUT2D eigenvalue weighted by atomic mass is 9.94. The summed E-state index contributed by atoms with van der Waals surface area (Å²) in [5, 5.41) is 0.463. The molecule has 1 aliphatic heterocycles. The van der Waals surface area contributed by atoms with Gasteiger partial charge in [-0.2, -0.15) is 8.42 Å². The van der Waals surface area contributed by atoms with Crippen molar-refractivity contribution in [3.05, 3.63) is 29.3 Å². The molecule has 1 aliphatic carbocycles. The van der Waals surface area contributed by atoms with Crippen molar-refractivity contribution in [1.29, 1.82) is 0 Å². The predicted molar refractivity (Wildman–Crippen MR) is 96.8 cm³/mol. The van der Waals surface area contributed by atoms with E-state index in [1.165, 1.54) is 36.0 Å².